The molecule has 0 aliphatic heterocycles. The minimum Gasteiger partial charge on any atom is -0.299 e. The summed E-state index contributed by atoms with van der Waals surface area (Å²) in [6, 6.07) is 0. The largest absolute Gasteiger partial charge is 0.299 e. The number of ketones is 1. The third-order valence-electron chi connectivity index (χ3n) is 2.89. The number of carbonyl (C=O) groups excluding carboxylic acids is 1. The van der Waals surface area contributed by atoms with Gasteiger partial charge in [-0.1, -0.05) is 26.7 Å². The first kappa shape index (κ1) is 9.76. The van der Waals surface area contributed by atoms with E-state index in [0.29, 0.717) is 11.7 Å². The second kappa shape index (κ2) is 4.64. The summed E-state index contributed by atoms with van der Waals surface area (Å²) in [5.41, 5.74) is 0. The summed E-state index contributed by atoms with van der Waals surface area (Å²) in [4.78, 5) is 11.5. The average Bonchev–Trinajstić information content (AvgIpc) is 2.05. The summed E-state index contributed by atoms with van der Waals surface area (Å²) < 4.78 is 0. The lowest BCUT2D eigenvalue weighted by molar-refractivity contribution is -0.124. The van der Waals surface area contributed by atoms with Crippen molar-refractivity contribution >= 4 is 5.78 Å². The molecule has 1 saturated carbocycles. The van der Waals surface area contributed by atoms with Crippen LogP contribution in [0.1, 0.15) is 52.4 Å². The summed E-state index contributed by atoms with van der Waals surface area (Å²) in [6.07, 6.45) is 6.72. The van der Waals surface area contributed by atoms with E-state index in [4.69, 9.17) is 0 Å². The summed E-state index contributed by atoms with van der Waals surface area (Å²) in [5, 5.41) is 0. The fraction of sp³-hybridized carbons (Fsp3) is 0.909. The molecule has 0 amide bonds. The van der Waals surface area contributed by atoms with Gasteiger partial charge in [-0.15, -0.1) is 0 Å². The van der Waals surface area contributed by atoms with Crippen LogP contribution in [0.3, 0.4) is 0 Å². The molecule has 0 aromatic rings. The highest BCUT2D eigenvalue weighted by molar-refractivity contribution is 5.80. The molecule has 0 N–H and O–H groups in total. The Balaban J connectivity index is 2.35. The van der Waals surface area contributed by atoms with Gasteiger partial charge >= 0.3 is 0 Å². The fourth-order valence-electron chi connectivity index (χ4n) is 2.18. The SMILES string of the molecule is CCCC(=O)C1CCCC(C)C1. The van der Waals surface area contributed by atoms with Crippen molar-refractivity contribution in [3.8, 4) is 0 Å². The number of hydrogen-bond donors (Lipinski definition) is 0. The Morgan fingerprint density at radius 2 is 2.17 bits per heavy atom. The topological polar surface area (TPSA) is 17.1 Å². The van der Waals surface area contributed by atoms with E-state index in [9.17, 15) is 4.79 Å². The normalized spacial score (nSPS) is 30.2. The molecule has 1 fully saturated rings. The van der Waals surface area contributed by atoms with Crippen LogP contribution in [0.5, 0.6) is 0 Å². The molecule has 0 saturated heterocycles. The van der Waals surface area contributed by atoms with E-state index in [0.717, 1.165) is 31.6 Å². The average molecular weight is 168 g/mol. The highest BCUT2D eigenvalue weighted by Crippen LogP contribution is 2.29. The minimum atomic E-state index is 0.411. The van der Waals surface area contributed by atoms with Crippen molar-refractivity contribution in [2.24, 2.45) is 11.8 Å². The van der Waals surface area contributed by atoms with Crippen LogP contribution >= 0.6 is 0 Å². The van der Waals surface area contributed by atoms with Gasteiger partial charge in [-0.3, -0.25) is 4.79 Å². The molecule has 1 heteroatoms. The standard InChI is InChI=1S/C11H20O/c1-3-5-11(12)10-7-4-6-9(2)8-10/h9-10H,3-8H2,1-2H3. The Morgan fingerprint density at radius 3 is 2.75 bits per heavy atom. The number of hydrogen-bond acceptors (Lipinski definition) is 1. The van der Waals surface area contributed by atoms with Crippen molar-refractivity contribution in [2.75, 3.05) is 0 Å². The first-order valence-corrected chi connectivity index (χ1v) is 5.26. The maximum atomic E-state index is 11.5. The second-order valence-corrected chi connectivity index (χ2v) is 4.19. The summed E-state index contributed by atoms with van der Waals surface area (Å²) in [6.45, 7) is 4.36. The van der Waals surface area contributed by atoms with Crippen LogP contribution < -0.4 is 0 Å². The monoisotopic (exact) mass is 168 g/mol. The lowest BCUT2D eigenvalue weighted by Gasteiger charge is -2.25. The number of carbonyl (C=O) groups is 1. The Labute approximate surface area is 75.5 Å². The van der Waals surface area contributed by atoms with Crippen molar-refractivity contribution < 1.29 is 4.79 Å². The zero-order chi connectivity index (χ0) is 8.97. The van der Waals surface area contributed by atoms with E-state index in [1.54, 1.807) is 0 Å². The van der Waals surface area contributed by atoms with Crippen LogP contribution in [-0.2, 0) is 4.79 Å². The Bertz CT molecular complexity index is 151. The maximum absolute atomic E-state index is 11.5. The molecule has 0 spiro atoms. The smallest absolute Gasteiger partial charge is 0.135 e. The molecular formula is C11H20O. The van der Waals surface area contributed by atoms with Gasteiger partial charge in [0.15, 0.2) is 0 Å². The van der Waals surface area contributed by atoms with Crippen LogP contribution in [0.15, 0.2) is 0 Å². The summed E-state index contributed by atoms with van der Waals surface area (Å²) in [5.74, 6) is 1.71. The summed E-state index contributed by atoms with van der Waals surface area (Å²) in [7, 11) is 0. The molecule has 2 unspecified atom stereocenters. The lowest BCUT2D eigenvalue weighted by Crippen LogP contribution is -2.21. The van der Waals surface area contributed by atoms with Crippen molar-refractivity contribution in [3.05, 3.63) is 0 Å². The highest BCUT2D eigenvalue weighted by atomic mass is 16.1. The number of rotatable bonds is 3. The first-order chi connectivity index (χ1) is 5.74. The third-order valence-corrected chi connectivity index (χ3v) is 2.89. The van der Waals surface area contributed by atoms with Gasteiger partial charge in [0.2, 0.25) is 0 Å². The van der Waals surface area contributed by atoms with E-state index in [1.807, 2.05) is 0 Å². The molecule has 1 nitrogen and oxygen atoms in total. The van der Waals surface area contributed by atoms with Crippen LogP contribution in [0.2, 0.25) is 0 Å². The minimum absolute atomic E-state index is 0.411. The molecule has 0 bridgehead atoms. The zero-order valence-electron chi connectivity index (χ0n) is 8.31. The third kappa shape index (κ3) is 2.62. The van der Waals surface area contributed by atoms with Crippen molar-refractivity contribution in [3.63, 3.8) is 0 Å². The van der Waals surface area contributed by atoms with Gasteiger partial charge in [0, 0.05) is 12.3 Å². The van der Waals surface area contributed by atoms with E-state index in [2.05, 4.69) is 13.8 Å². The van der Waals surface area contributed by atoms with Crippen molar-refractivity contribution in [1.29, 1.82) is 0 Å². The van der Waals surface area contributed by atoms with Gasteiger partial charge < -0.3 is 0 Å². The first-order valence-electron chi connectivity index (χ1n) is 5.26. The summed E-state index contributed by atoms with van der Waals surface area (Å²) >= 11 is 0. The van der Waals surface area contributed by atoms with Crippen LogP contribution in [0.25, 0.3) is 0 Å². The van der Waals surface area contributed by atoms with E-state index in [-0.39, 0.29) is 0 Å². The fourth-order valence-corrected chi connectivity index (χ4v) is 2.18. The Hall–Kier alpha value is -0.330. The molecule has 0 heterocycles. The van der Waals surface area contributed by atoms with Crippen molar-refractivity contribution in [1.82, 2.24) is 0 Å². The molecular weight excluding hydrogens is 148 g/mol. The molecule has 0 aromatic carbocycles. The van der Waals surface area contributed by atoms with Gasteiger partial charge in [0.1, 0.15) is 5.78 Å². The quantitative estimate of drug-likeness (QED) is 0.632. The van der Waals surface area contributed by atoms with E-state index >= 15 is 0 Å². The van der Waals surface area contributed by atoms with Gasteiger partial charge in [0.25, 0.3) is 0 Å². The Kier molecular flexibility index (Phi) is 3.77. The van der Waals surface area contributed by atoms with E-state index < -0.39 is 0 Å². The zero-order valence-corrected chi connectivity index (χ0v) is 8.31. The molecule has 2 atom stereocenters. The molecule has 70 valence electrons. The number of Topliss-reactive ketones (excluding diaryl/α,β-unsaturated/α-hetero) is 1. The van der Waals surface area contributed by atoms with Crippen LogP contribution in [0, 0.1) is 11.8 Å². The molecule has 1 aliphatic rings. The molecule has 0 radical (unpaired) electrons. The second-order valence-electron chi connectivity index (χ2n) is 4.19. The van der Waals surface area contributed by atoms with Gasteiger partial charge in [-0.25, -0.2) is 0 Å². The molecule has 0 aromatic heterocycles. The van der Waals surface area contributed by atoms with Crippen LogP contribution in [-0.4, -0.2) is 5.78 Å². The predicted molar refractivity (Wildman–Crippen MR) is 51.0 cm³/mol. The molecule has 12 heavy (non-hydrogen) atoms. The van der Waals surface area contributed by atoms with Crippen LogP contribution in [0.4, 0.5) is 0 Å². The van der Waals surface area contributed by atoms with Crippen molar-refractivity contribution in [2.45, 2.75) is 52.4 Å². The lowest BCUT2D eigenvalue weighted by atomic mass is 9.79. The van der Waals surface area contributed by atoms with Gasteiger partial charge in [-0.2, -0.15) is 0 Å². The maximum Gasteiger partial charge on any atom is 0.135 e. The predicted octanol–water partition coefficient (Wildman–Crippen LogP) is 3.18. The molecule has 1 rings (SSSR count). The Morgan fingerprint density at radius 1 is 1.42 bits per heavy atom. The van der Waals surface area contributed by atoms with Gasteiger partial charge in [0.05, 0.1) is 0 Å². The van der Waals surface area contributed by atoms with Gasteiger partial charge in [-0.05, 0) is 25.2 Å². The highest BCUT2D eigenvalue weighted by Gasteiger charge is 2.23. The van der Waals surface area contributed by atoms with E-state index in [1.165, 1.54) is 12.8 Å². The molecule has 1 aliphatic carbocycles.